The maximum atomic E-state index is 12.1. The first-order valence-corrected chi connectivity index (χ1v) is 6.85. The molecule has 0 aliphatic heterocycles. The van der Waals surface area contributed by atoms with E-state index in [1.807, 2.05) is 18.4 Å². The fraction of sp³-hybridized carbons (Fsp3) is 0.143. The highest BCUT2D eigenvalue weighted by molar-refractivity contribution is 7.12. The second-order valence-electron chi connectivity index (χ2n) is 4.12. The molecule has 3 N–H and O–H groups in total. The Hall–Kier alpha value is -2.34. The number of hydrogen-bond acceptors (Lipinski definition) is 4. The number of carbonyl (C=O) groups excluding carboxylic acids is 1. The smallest absolute Gasteiger partial charge is 0.335 e. The molecule has 0 radical (unpaired) electrons. The zero-order valence-corrected chi connectivity index (χ0v) is 11.5. The number of amides is 1. The Labute approximate surface area is 119 Å². The quantitative estimate of drug-likeness (QED) is 0.756. The Morgan fingerprint density at radius 3 is 2.65 bits per heavy atom. The fourth-order valence-corrected chi connectivity index (χ4v) is 2.65. The minimum absolute atomic E-state index is 0.0362. The van der Waals surface area contributed by atoms with Crippen molar-refractivity contribution in [3.63, 3.8) is 0 Å². The van der Waals surface area contributed by atoms with Gasteiger partial charge in [-0.25, -0.2) is 4.79 Å². The third-order valence-corrected chi connectivity index (χ3v) is 3.78. The number of phenols is 1. The van der Waals surface area contributed by atoms with E-state index < -0.39 is 5.97 Å². The van der Waals surface area contributed by atoms with Crippen molar-refractivity contribution < 1.29 is 19.8 Å². The van der Waals surface area contributed by atoms with Gasteiger partial charge in [0.1, 0.15) is 5.75 Å². The SMILES string of the molecule is CCc1ccsc1C(=O)Nc1ccc(C(=O)O)cc1O. The Kier molecular flexibility index (Phi) is 4.05. The molecular weight excluding hydrogens is 278 g/mol. The summed E-state index contributed by atoms with van der Waals surface area (Å²) in [6.07, 6.45) is 0.746. The highest BCUT2D eigenvalue weighted by Gasteiger charge is 2.15. The number of aromatic hydroxyl groups is 1. The molecule has 2 aromatic rings. The number of rotatable bonds is 4. The number of carboxylic acid groups (broad SMARTS) is 1. The van der Waals surface area contributed by atoms with E-state index in [-0.39, 0.29) is 22.9 Å². The van der Waals surface area contributed by atoms with Gasteiger partial charge in [-0.05, 0) is 41.6 Å². The summed E-state index contributed by atoms with van der Waals surface area (Å²) in [5.74, 6) is -1.72. The second-order valence-corrected chi connectivity index (χ2v) is 5.04. The zero-order chi connectivity index (χ0) is 14.7. The number of benzene rings is 1. The normalized spacial score (nSPS) is 10.2. The topological polar surface area (TPSA) is 86.6 Å². The number of hydrogen-bond donors (Lipinski definition) is 3. The van der Waals surface area contributed by atoms with Crippen molar-refractivity contribution in [1.29, 1.82) is 0 Å². The summed E-state index contributed by atoms with van der Waals surface area (Å²) in [6, 6.07) is 5.68. The summed E-state index contributed by atoms with van der Waals surface area (Å²) in [5, 5.41) is 23.0. The van der Waals surface area contributed by atoms with Gasteiger partial charge in [0.05, 0.1) is 16.1 Å². The van der Waals surface area contributed by atoms with Crippen LogP contribution in [-0.2, 0) is 6.42 Å². The van der Waals surface area contributed by atoms with Crippen molar-refractivity contribution in [2.24, 2.45) is 0 Å². The molecule has 0 spiro atoms. The number of aromatic carboxylic acids is 1. The number of aryl methyl sites for hydroxylation is 1. The Bertz CT molecular complexity index is 663. The number of carboxylic acids is 1. The molecule has 0 bridgehead atoms. The number of phenolic OH excluding ortho intramolecular Hbond substituents is 1. The number of thiophene rings is 1. The first-order chi connectivity index (χ1) is 9.52. The molecule has 1 amide bonds. The van der Waals surface area contributed by atoms with Gasteiger partial charge in [0.15, 0.2) is 0 Å². The minimum atomic E-state index is -1.13. The van der Waals surface area contributed by atoms with Crippen LogP contribution in [0, 0.1) is 0 Å². The minimum Gasteiger partial charge on any atom is -0.506 e. The van der Waals surface area contributed by atoms with Gasteiger partial charge < -0.3 is 15.5 Å². The average Bonchev–Trinajstić information content (AvgIpc) is 2.89. The summed E-state index contributed by atoms with van der Waals surface area (Å²) in [5.41, 5.74) is 1.09. The molecule has 6 heteroatoms. The van der Waals surface area contributed by atoms with Crippen LogP contribution in [0.5, 0.6) is 5.75 Å². The highest BCUT2D eigenvalue weighted by Crippen LogP contribution is 2.26. The number of anilines is 1. The van der Waals surface area contributed by atoms with Crippen LogP contribution in [0.2, 0.25) is 0 Å². The van der Waals surface area contributed by atoms with E-state index in [0.717, 1.165) is 18.1 Å². The Balaban J connectivity index is 2.22. The predicted octanol–water partition coefficient (Wildman–Crippen LogP) is 2.97. The van der Waals surface area contributed by atoms with Gasteiger partial charge >= 0.3 is 5.97 Å². The van der Waals surface area contributed by atoms with Crippen LogP contribution in [-0.4, -0.2) is 22.1 Å². The summed E-state index contributed by atoms with van der Waals surface area (Å²) in [6.45, 7) is 1.96. The standard InChI is InChI=1S/C14H13NO4S/c1-2-8-5-6-20-12(8)13(17)15-10-4-3-9(14(18)19)7-11(10)16/h3-7,16H,2H2,1H3,(H,15,17)(H,18,19). The maximum absolute atomic E-state index is 12.1. The van der Waals surface area contributed by atoms with E-state index in [1.165, 1.54) is 23.5 Å². The summed E-state index contributed by atoms with van der Waals surface area (Å²) in [4.78, 5) is 23.4. The molecule has 0 aliphatic rings. The molecule has 1 aromatic heterocycles. The lowest BCUT2D eigenvalue weighted by molar-refractivity contribution is 0.0696. The van der Waals surface area contributed by atoms with Crippen LogP contribution in [0.1, 0.15) is 32.5 Å². The van der Waals surface area contributed by atoms with E-state index in [0.29, 0.717) is 4.88 Å². The van der Waals surface area contributed by atoms with E-state index >= 15 is 0 Å². The molecule has 20 heavy (non-hydrogen) atoms. The lowest BCUT2D eigenvalue weighted by atomic mass is 10.1. The van der Waals surface area contributed by atoms with Crippen LogP contribution in [0.25, 0.3) is 0 Å². The first kappa shape index (κ1) is 14.1. The molecule has 5 nitrogen and oxygen atoms in total. The van der Waals surface area contributed by atoms with E-state index in [1.54, 1.807) is 0 Å². The molecule has 1 heterocycles. The average molecular weight is 291 g/mol. The van der Waals surface area contributed by atoms with Gasteiger partial charge in [-0.15, -0.1) is 11.3 Å². The van der Waals surface area contributed by atoms with Crippen molar-refractivity contribution in [3.05, 3.63) is 45.6 Å². The third-order valence-electron chi connectivity index (χ3n) is 2.83. The van der Waals surface area contributed by atoms with Gasteiger partial charge in [-0.2, -0.15) is 0 Å². The van der Waals surface area contributed by atoms with Crippen molar-refractivity contribution in [3.8, 4) is 5.75 Å². The highest BCUT2D eigenvalue weighted by atomic mass is 32.1. The van der Waals surface area contributed by atoms with Crippen molar-refractivity contribution >= 4 is 28.9 Å². The van der Waals surface area contributed by atoms with E-state index in [2.05, 4.69) is 5.32 Å². The third kappa shape index (κ3) is 2.80. The van der Waals surface area contributed by atoms with Gasteiger partial charge in [0.25, 0.3) is 5.91 Å². The summed E-state index contributed by atoms with van der Waals surface area (Å²) >= 11 is 1.33. The number of nitrogens with one attached hydrogen (secondary N) is 1. The van der Waals surface area contributed by atoms with E-state index in [4.69, 9.17) is 5.11 Å². The van der Waals surface area contributed by atoms with Gasteiger partial charge in [0.2, 0.25) is 0 Å². The van der Waals surface area contributed by atoms with Crippen molar-refractivity contribution in [2.45, 2.75) is 13.3 Å². The van der Waals surface area contributed by atoms with E-state index in [9.17, 15) is 14.7 Å². The molecule has 0 aliphatic carbocycles. The molecule has 104 valence electrons. The zero-order valence-electron chi connectivity index (χ0n) is 10.7. The predicted molar refractivity (Wildman–Crippen MR) is 76.7 cm³/mol. The van der Waals surface area contributed by atoms with Crippen LogP contribution < -0.4 is 5.32 Å². The summed E-state index contributed by atoms with van der Waals surface area (Å²) in [7, 11) is 0. The van der Waals surface area contributed by atoms with Crippen molar-refractivity contribution in [1.82, 2.24) is 0 Å². The van der Waals surface area contributed by atoms with Crippen LogP contribution in [0.3, 0.4) is 0 Å². The monoisotopic (exact) mass is 291 g/mol. The molecule has 1 aromatic carbocycles. The molecule has 0 saturated carbocycles. The van der Waals surface area contributed by atoms with Gasteiger partial charge in [-0.1, -0.05) is 6.92 Å². The first-order valence-electron chi connectivity index (χ1n) is 5.97. The molecule has 0 fully saturated rings. The molecule has 0 unspecified atom stereocenters. The second kappa shape index (κ2) is 5.75. The molecular formula is C14H13NO4S. The summed E-state index contributed by atoms with van der Waals surface area (Å²) < 4.78 is 0. The van der Waals surface area contributed by atoms with Crippen molar-refractivity contribution in [2.75, 3.05) is 5.32 Å². The van der Waals surface area contributed by atoms with Gasteiger partial charge in [-0.3, -0.25) is 4.79 Å². The Morgan fingerprint density at radius 1 is 1.30 bits per heavy atom. The molecule has 0 atom stereocenters. The number of carbonyl (C=O) groups is 2. The van der Waals surface area contributed by atoms with Crippen LogP contribution >= 0.6 is 11.3 Å². The van der Waals surface area contributed by atoms with Crippen LogP contribution in [0.15, 0.2) is 29.6 Å². The molecule has 0 saturated heterocycles. The Morgan fingerprint density at radius 2 is 2.05 bits per heavy atom. The van der Waals surface area contributed by atoms with Crippen LogP contribution in [0.4, 0.5) is 5.69 Å². The maximum Gasteiger partial charge on any atom is 0.335 e. The lowest BCUT2D eigenvalue weighted by Gasteiger charge is -2.08. The fourth-order valence-electron chi connectivity index (χ4n) is 1.76. The lowest BCUT2D eigenvalue weighted by Crippen LogP contribution is -2.12. The van der Waals surface area contributed by atoms with Gasteiger partial charge in [0, 0.05) is 0 Å². The molecule has 2 rings (SSSR count). The largest absolute Gasteiger partial charge is 0.506 e.